The molecule has 0 radical (unpaired) electrons. The summed E-state index contributed by atoms with van der Waals surface area (Å²) >= 11 is 6.38. The van der Waals surface area contributed by atoms with E-state index >= 15 is 0 Å². The van der Waals surface area contributed by atoms with Gasteiger partial charge in [0.2, 0.25) is 0 Å². The lowest BCUT2D eigenvalue weighted by Gasteiger charge is -2.37. The van der Waals surface area contributed by atoms with Gasteiger partial charge in [0.15, 0.2) is 0 Å². The van der Waals surface area contributed by atoms with Crippen LogP contribution in [0.15, 0.2) is 36.4 Å². The number of halogens is 1. The van der Waals surface area contributed by atoms with E-state index in [1.807, 2.05) is 18.2 Å². The van der Waals surface area contributed by atoms with Gasteiger partial charge in [-0.15, -0.1) is 0 Å². The number of aromatic hydroxyl groups is 1. The molecule has 1 aliphatic heterocycles. The molecule has 29 heavy (non-hydrogen) atoms. The summed E-state index contributed by atoms with van der Waals surface area (Å²) in [5, 5.41) is 11.8. The van der Waals surface area contributed by atoms with Gasteiger partial charge in [-0.2, -0.15) is 0 Å². The van der Waals surface area contributed by atoms with E-state index in [0.29, 0.717) is 5.75 Å². The van der Waals surface area contributed by atoms with Crippen molar-refractivity contribution in [2.45, 2.75) is 58.9 Å². The fourth-order valence-corrected chi connectivity index (χ4v) is 4.30. The number of rotatable bonds is 3. The van der Waals surface area contributed by atoms with E-state index in [4.69, 9.17) is 11.6 Å². The van der Waals surface area contributed by atoms with Crippen molar-refractivity contribution in [1.29, 1.82) is 0 Å². The average Bonchev–Trinajstić information content (AvgIpc) is 2.62. The van der Waals surface area contributed by atoms with Gasteiger partial charge >= 0.3 is 0 Å². The summed E-state index contributed by atoms with van der Waals surface area (Å²) in [5.74, 6) is 0.456. The van der Waals surface area contributed by atoms with Gasteiger partial charge in [-0.3, -0.25) is 4.90 Å². The summed E-state index contributed by atoms with van der Waals surface area (Å²) in [5.41, 5.74) is 4.29. The van der Waals surface area contributed by atoms with E-state index in [1.54, 1.807) is 0 Å². The van der Waals surface area contributed by atoms with E-state index < -0.39 is 0 Å². The highest BCUT2D eigenvalue weighted by Crippen LogP contribution is 2.40. The van der Waals surface area contributed by atoms with Gasteiger partial charge in [0, 0.05) is 32.7 Å². The number of para-hydroxylation sites is 1. The van der Waals surface area contributed by atoms with E-state index in [1.165, 1.54) is 5.56 Å². The average molecular weight is 415 g/mol. The second-order valence-corrected chi connectivity index (χ2v) is 10.7. The lowest BCUT2D eigenvalue weighted by Crippen LogP contribution is -2.46. The molecule has 3 rings (SSSR count). The monoisotopic (exact) mass is 414 g/mol. The van der Waals surface area contributed by atoms with Crippen molar-refractivity contribution in [2.24, 2.45) is 0 Å². The van der Waals surface area contributed by atoms with Crippen LogP contribution < -0.4 is 4.90 Å². The molecule has 0 atom stereocenters. The maximum Gasteiger partial charge on any atom is 0.123 e. The Kier molecular flexibility index (Phi) is 6.21. The minimum atomic E-state index is -0.0944. The van der Waals surface area contributed by atoms with Crippen LogP contribution in [0.25, 0.3) is 0 Å². The Hall–Kier alpha value is -1.71. The Bertz CT molecular complexity index is 821. The van der Waals surface area contributed by atoms with Crippen LogP contribution in [0.1, 0.15) is 58.2 Å². The molecule has 0 bridgehead atoms. The van der Waals surface area contributed by atoms with E-state index in [9.17, 15) is 5.11 Å². The van der Waals surface area contributed by atoms with Crippen molar-refractivity contribution in [3.05, 3.63) is 58.1 Å². The van der Waals surface area contributed by atoms with Crippen LogP contribution in [0.3, 0.4) is 0 Å². The molecule has 0 amide bonds. The molecule has 4 heteroatoms. The first-order valence-corrected chi connectivity index (χ1v) is 10.9. The second-order valence-electron chi connectivity index (χ2n) is 10.3. The quantitative estimate of drug-likeness (QED) is 0.670. The minimum Gasteiger partial charge on any atom is -0.507 e. The molecule has 1 N–H and O–H groups in total. The van der Waals surface area contributed by atoms with Gasteiger partial charge in [0.1, 0.15) is 5.75 Å². The van der Waals surface area contributed by atoms with Crippen molar-refractivity contribution >= 4 is 17.3 Å². The zero-order chi connectivity index (χ0) is 21.4. The fraction of sp³-hybridized carbons (Fsp3) is 0.520. The smallest absolute Gasteiger partial charge is 0.123 e. The van der Waals surface area contributed by atoms with Crippen LogP contribution in [0.2, 0.25) is 5.02 Å². The van der Waals surface area contributed by atoms with Crippen LogP contribution in [-0.4, -0.2) is 36.2 Å². The first kappa shape index (κ1) is 22.0. The predicted octanol–water partition coefficient (Wildman–Crippen LogP) is 5.96. The number of hydrogen-bond acceptors (Lipinski definition) is 3. The molecule has 2 aromatic rings. The summed E-state index contributed by atoms with van der Waals surface area (Å²) in [6.45, 7) is 17.9. The van der Waals surface area contributed by atoms with E-state index in [2.05, 4.69) is 69.5 Å². The third-order valence-electron chi connectivity index (χ3n) is 5.76. The van der Waals surface area contributed by atoms with Crippen LogP contribution in [0, 0.1) is 0 Å². The Morgan fingerprint density at radius 2 is 1.38 bits per heavy atom. The summed E-state index contributed by atoms with van der Waals surface area (Å²) < 4.78 is 0. The molecule has 0 unspecified atom stereocenters. The van der Waals surface area contributed by atoms with E-state index in [0.717, 1.165) is 54.6 Å². The first-order chi connectivity index (χ1) is 13.5. The zero-order valence-corrected chi connectivity index (χ0v) is 19.5. The van der Waals surface area contributed by atoms with Crippen molar-refractivity contribution in [1.82, 2.24) is 4.90 Å². The summed E-state index contributed by atoms with van der Waals surface area (Å²) in [7, 11) is 0. The van der Waals surface area contributed by atoms with Gasteiger partial charge < -0.3 is 10.0 Å². The third-order valence-corrected chi connectivity index (χ3v) is 6.08. The summed E-state index contributed by atoms with van der Waals surface area (Å²) in [6.07, 6.45) is 0. The van der Waals surface area contributed by atoms with Gasteiger partial charge in [-0.05, 0) is 39.7 Å². The molecular weight excluding hydrogens is 380 g/mol. The summed E-state index contributed by atoms with van der Waals surface area (Å²) in [6, 6.07) is 12.5. The second kappa shape index (κ2) is 8.20. The van der Waals surface area contributed by atoms with Crippen LogP contribution in [0.4, 0.5) is 5.69 Å². The molecule has 158 valence electrons. The van der Waals surface area contributed by atoms with Crippen molar-refractivity contribution in [3.8, 4) is 5.75 Å². The Morgan fingerprint density at radius 3 is 1.86 bits per heavy atom. The Morgan fingerprint density at radius 1 is 0.862 bits per heavy atom. The topological polar surface area (TPSA) is 26.7 Å². The molecular formula is C25H35ClN2O. The van der Waals surface area contributed by atoms with Crippen molar-refractivity contribution < 1.29 is 5.11 Å². The number of phenols is 1. The summed E-state index contributed by atoms with van der Waals surface area (Å²) in [4.78, 5) is 4.87. The fourth-order valence-electron chi connectivity index (χ4n) is 4.04. The molecule has 3 nitrogen and oxygen atoms in total. The van der Waals surface area contributed by atoms with Crippen molar-refractivity contribution in [2.75, 3.05) is 31.1 Å². The number of anilines is 1. The molecule has 1 fully saturated rings. The highest BCUT2D eigenvalue weighted by molar-refractivity contribution is 6.33. The Labute approximate surface area is 181 Å². The molecule has 1 heterocycles. The first-order valence-electron chi connectivity index (χ1n) is 10.6. The maximum atomic E-state index is 10.9. The largest absolute Gasteiger partial charge is 0.507 e. The lowest BCUT2D eigenvalue weighted by atomic mass is 9.78. The van der Waals surface area contributed by atoms with Gasteiger partial charge in [0.05, 0.1) is 10.7 Å². The molecule has 1 saturated heterocycles. The Balaban J connectivity index is 1.78. The molecule has 0 aliphatic carbocycles. The molecule has 0 saturated carbocycles. The number of phenolic OH excluding ortho intramolecular Hbond substituents is 1. The standard InChI is InChI=1S/C25H35ClN2O/c1-24(2,3)19-15-18(16-20(23(19)29)25(4,5)6)17-27-11-13-28(14-12-27)22-10-8-7-9-21(22)26/h7-10,15-16,29H,11-14,17H2,1-6H3. The van der Waals surface area contributed by atoms with Crippen LogP contribution in [0.5, 0.6) is 5.75 Å². The number of benzene rings is 2. The molecule has 0 aromatic heterocycles. The van der Waals surface area contributed by atoms with Gasteiger partial charge in [0.25, 0.3) is 0 Å². The van der Waals surface area contributed by atoms with Crippen LogP contribution in [-0.2, 0) is 17.4 Å². The highest BCUT2D eigenvalue weighted by atomic mass is 35.5. The molecule has 1 aliphatic rings. The van der Waals surface area contributed by atoms with Gasteiger partial charge in [-0.25, -0.2) is 0 Å². The number of hydrogen-bond donors (Lipinski definition) is 1. The lowest BCUT2D eigenvalue weighted by molar-refractivity contribution is 0.249. The third kappa shape index (κ3) is 5.07. The minimum absolute atomic E-state index is 0.0944. The number of nitrogens with zero attached hydrogens (tertiary/aromatic N) is 2. The van der Waals surface area contributed by atoms with E-state index in [-0.39, 0.29) is 10.8 Å². The number of piperazine rings is 1. The normalized spacial score (nSPS) is 16.3. The van der Waals surface area contributed by atoms with Crippen LogP contribution >= 0.6 is 11.6 Å². The highest BCUT2D eigenvalue weighted by Gasteiger charge is 2.27. The molecule has 2 aromatic carbocycles. The van der Waals surface area contributed by atoms with Crippen molar-refractivity contribution in [3.63, 3.8) is 0 Å². The van der Waals surface area contributed by atoms with Gasteiger partial charge in [-0.1, -0.05) is 77.4 Å². The zero-order valence-electron chi connectivity index (χ0n) is 18.7. The molecule has 0 spiro atoms. The maximum absolute atomic E-state index is 10.9. The SMILES string of the molecule is CC(C)(C)c1cc(CN2CCN(c3ccccc3Cl)CC2)cc(C(C)(C)C)c1O. The predicted molar refractivity (Wildman–Crippen MR) is 124 cm³/mol.